The lowest BCUT2D eigenvalue weighted by molar-refractivity contribution is 0.139. The molecule has 1 aromatic rings. The van der Waals surface area contributed by atoms with Gasteiger partial charge in [-0.25, -0.2) is 0 Å². The topological polar surface area (TPSA) is 21.3 Å². The van der Waals surface area contributed by atoms with Crippen molar-refractivity contribution in [3.05, 3.63) is 27.2 Å². The lowest BCUT2D eigenvalue weighted by Gasteiger charge is -2.29. The molecule has 0 spiro atoms. The maximum atomic E-state index is 6.30. The Morgan fingerprint density at radius 2 is 1.90 bits per heavy atom. The van der Waals surface area contributed by atoms with E-state index in [1.54, 1.807) is 0 Å². The van der Waals surface area contributed by atoms with E-state index in [-0.39, 0.29) is 11.6 Å². The molecular weight excluding hydrogens is 338 g/mol. The summed E-state index contributed by atoms with van der Waals surface area (Å²) in [5.41, 5.74) is 1.13. The van der Waals surface area contributed by atoms with E-state index in [0.717, 1.165) is 22.3 Å². The van der Waals surface area contributed by atoms with Crippen LogP contribution in [-0.4, -0.2) is 18.2 Å². The summed E-state index contributed by atoms with van der Waals surface area (Å²) < 4.78 is 7.15. The van der Waals surface area contributed by atoms with E-state index < -0.39 is 0 Å². The molecule has 1 aromatic carbocycles. The van der Waals surface area contributed by atoms with Crippen molar-refractivity contribution in [1.29, 1.82) is 0 Å². The molecule has 0 heterocycles. The van der Waals surface area contributed by atoms with Gasteiger partial charge in [0.05, 0.1) is 5.02 Å². The normalized spacial score (nSPS) is 13.7. The first-order valence-electron chi connectivity index (χ1n) is 6.97. The molecule has 1 atom stereocenters. The molecule has 0 amide bonds. The number of nitrogens with one attached hydrogen (secondary N) is 1. The van der Waals surface area contributed by atoms with Gasteiger partial charge in [0.1, 0.15) is 11.9 Å². The summed E-state index contributed by atoms with van der Waals surface area (Å²) in [5.74, 6) is 1.19. The average molecular weight is 363 g/mol. The number of benzene rings is 1. The Labute approximate surface area is 136 Å². The summed E-state index contributed by atoms with van der Waals surface area (Å²) in [4.78, 5) is 0. The van der Waals surface area contributed by atoms with Gasteiger partial charge in [0, 0.05) is 16.6 Å². The fourth-order valence-corrected chi connectivity index (χ4v) is 2.83. The molecule has 2 nitrogen and oxygen atoms in total. The molecule has 0 bridgehead atoms. The Hall–Kier alpha value is -0.250. The maximum Gasteiger partial charge on any atom is 0.141 e. The zero-order valence-corrected chi connectivity index (χ0v) is 15.5. The van der Waals surface area contributed by atoms with E-state index in [1.807, 2.05) is 19.1 Å². The highest BCUT2D eigenvalue weighted by Crippen LogP contribution is 2.33. The van der Waals surface area contributed by atoms with E-state index in [1.165, 1.54) is 0 Å². The molecule has 0 radical (unpaired) electrons. The van der Waals surface area contributed by atoms with Crippen LogP contribution in [0.4, 0.5) is 0 Å². The van der Waals surface area contributed by atoms with Crippen LogP contribution < -0.4 is 10.1 Å². The number of ether oxygens (including phenoxy) is 1. The lowest BCUT2D eigenvalue weighted by atomic mass is 10.0. The quantitative estimate of drug-likeness (QED) is 0.777. The third-order valence-electron chi connectivity index (χ3n) is 3.04. The lowest BCUT2D eigenvalue weighted by Crippen LogP contribution is -2.44. The molecule has 114 valence electrons. The summed E-state index contributed by atoms with van der Waals surface area (Å²) >= 11 is 9.74. The number of aryl methyl sites for hydroxylation is 1. The second kappa shape index (κ2) is 7.15. The van der Waals surface area contributed by atoms with Crippen molar-refractivity contribution in [3.63, 3.8) is 0 Å². The SMILES string of the molecule is Cc1cc(Br)cc(Cl)c1OC(CNC(C)(C)C)C(C)C. The van der Waals surface area contributed by atoms with Crippen molar-refractivity contribution >= 4 is 27.5 Å². The molecule has 1 N–H and O–H groups in total. The second-order valence-electron chi connectivity index (χ2n) is 6.56. The first-order chi connectivity index (χ1) is 9.10. The average Bonchev–Trinajstić information content (AvgIpc) is 2.24. The minimum Gasteiger partial charge on any atom is -0.487 e. The van der Waals surface area contributed by atoms with E-state index in [0.29, 0.717) is 10.9 Å². The standard InChI is InChI=1S/C16H25BrClNO/c1-10(2)14(9-19-16(4,5)6)20-15-11(3)7-12(17)8-13(15)18/h7-8,10,14,19H,9H2,1-6H3. The zero-order chi connectivity index (χ0) is 15.5. The molecule has 0 aliphatic carbocycles. The molecule has 0 aliphatic heterocycles. The first kappa shape index (κ1) is 17.8. The van der Waals surface area contributed by atoms with Crippen molar-refractivity contribution in [3.8, 4) is 5.75 Å². The fraction of sp³-hybridized carbons (Fsp3) is 0.625. The second-order valence-corrected chi connectivity index (χ2v) is 7.89. The molecule has 4 heteroatoms. The Kier molecular flexibility index (Phi) is 6.36. The van der Waals surface area contributed by atoms with Gasteiger partial charge in [0.2, 0.25) is 0 Å². The molecule has 0 fully saturated rings. The van der Waals surface area contributed by atoms with Crippen molar-refractivity contribution in [2.45, 2.75) is 53.2 Å². The first-order valence-corrected chi connectivity index (χ1v) is 8.14. The fourth-order valence-electron chi connectivity index (χ4n) is 1.81. The van der Waals surface area contributed by atoms with Gasteiger partial charge in [-0.05, 0) is 51.3 Å². The van der Waals surface area contributed by atoms with Crippen molar-refractivity contribution in [2.75, 3.05) is 6.54 Å². The van der Waals surface area contributed by atoms with Crippen LogP contribution in [0.25, 0.3) is 0 Å². The van der Waals surface area contributed by atoms with E-state index >= 15 is 0 Å². The number of halogens is 2. The van der Waals surface area contributed by atoms with Gasteiger partial charge >= 0.3 is 0 Å². The molecule has 1 unspecified atom stereocenters. The molecule has 0 aliphatic rings. The minimum absolute atomic E-state index is 0.0784. The van der Waals surface area contributed by atoms with Gasteiger partial charge in [-0.15, -0.1) is 0 Å². The minimum atomic E-state index is 0.0784. The van der Waals surface area contributed by atoms with Gasteiger partial charge in [-0.1, -0.05) is 41.4 Å². The predicted octanol–water partition coefficient (Wildman–Crippen LogP) is 5.20. The highest BCUT2D eigenvalue weighted by molar-refractivity contribution is 9.10. The number of rotatable bonds is 5. The monoisotopic (exact) mass is 361 g/mol. The van der Waals surface area contributed by atoms with E-state index in [2.05, 4.69) is 55.9 Å². The van der Waals surface area contributed by atoms with Crippen molar-refractivity contribution in [2.24, 2.45) is 5.92 Å². The third-order valence-corrected chi connectivity index (χ3v) is 3.78. The van der Waals surface area contributed by atoms with E-state index in [4.69, 9.17) is 16.3 Å². The Bertz CT molecular complexity index is 431. The molecule has 0 saturated carbocycles. The Morgan fingerprint density at radius 3 is 2.35 bits per heavy atom. The van der Waals surface area contributed by atoms with E-state index in [9.17, 15) is 0 Å². The van der Waals surface area contributed by atoms with Crippen molar-refractivity contribution < 1.29 is 4.74 Å². The van der Waals surface area contributed by atoms with Gasteiger partial charge < -0.3 is 10.1 Å². The Balaban J connectivity index is 2.86. The zero-order valence-electron chi connectivity index (χ0n) is 13.2. The summed E-state index contributed by atoms with van der Waals surface area (Å²) in [6, 6.07) is 3.90. The van der Waals surface area contributed by atoms with Crippen LogP contribution in [0.5, 0.6) is 5.75 Å². The number of hydrogen-bond donors (Lipinski definition) is 1. The molecule has 0 saturated heterocycles. The largest absolute Gasteiger partial charge is 0.487 e. The summed E-state index contributed by atoms with van der Waals surface area (Å²) in [7, 11) is 0. The van der Waals surface area contributed by atoms with Crippen molar-refractivity contribution in [1.82, 2.24) is 5.32 Å². The highest BCUT2D eigenvalue weighted by atomic mass is 79.9. The predicted molar refractivity (Wildman–Crippen MR) is 90.9 cm³/mol. The van der Waals surface area contributed by atoms with Crippen LogP contribution in [0.3, 0.4) is 0 Å². The molecule has 1 rings (SSSR count). The van der Waals surface area contributed by atoms with Gasteiger partial charge in [-0.2, -0.15) is 0 Å². The molecule has 20 heavy (non-hydrogen) atoms. The van der Waals surface area contributed by atoms with Gasteiger partial charge in [0.15, 0.2) is 0 Å². The van der Waals surface area contributed by atoms with Gasteiger partial charge in [0.25, 0.3) is 0 Å². The maximum absolute atomic E-state index is 6.30. The van der Waals surface area contributed by atoms with Crippen LogP contribution in [0.1, 0.15) is 40.2 Å². The van der Waals surface area contributed by atoms with Crippen LogP contribution in [0.2, 0.25) is 5.02 Å². The summed E-state index contributed by atoms with van der Waals surface area (Å²) in [6.07, 6.45) is 0.0894. The van der Waals surface area contributed by atoms with Crippen LogP contribution in [-0.2, 0) is 0 Å². The number of hydrogen-bond acceptors (Lipinski definition) is 2. The Morgan fingerprint density at radius 1 is 1.30 bits per heavy atom. The van der Waals surface area contributed by atoms with Crippen LogP contribution in [0, 0.1) is 12.8 Å². The third kappa shape index (κ3) is 5.63. The molecule has 0 aromatic heterocycles. The smallest absolute Gasteiger partial charge is 0.141 e. The van der Waals surface area contributed by atoms with Gasteiger partial charge in [-0.3, -0.25) is 0 Å². The summed E-state index contributed by atoms with van der Waals surface area (Å²) in [5, 5.41) is 4.15. The molecular formula is C16H25BrClNO. The highest BCUT2D eigenvalue weighted by Gasteiger charge is 2.20. The van der Waals surface area contributed by atoms with Crippen LogP contribution >= 0.6 is 27.5 Å². The van der Waals surface area contributed by atoms with Crippen LogP contribution in [0.15, 0.2) is 16.6 Å². The summed E-state index contributed by atoms with van der Waals surface area (Å²) in [6.45, 7) is 13.6.